The SMILES string of the molecule is Cc1cc(F)cc(C(=O)Nc2cc(Cl)ccn2)c1. The predicted octanol–water partition coefficient (Wildman–Crippen LogP) is 3.43. The molecule has 1 amide bonds. The molecule has 0 unspecified atom stereocenters. The normalized spacial score (nSPS) is 10.2. The summed E-state index contributed by atoms with van der Waals surface area (Å²) in [6.45, 7) is 1.72. The Hall–Kier alpha value is -1.94. The van der Waals surface area contributed by atoms with Crippen molar-refractivity contribution >= 4 is 23.3 Å². The lowest BCUT2D eigenvalue weighted by Gasteiger charge is -2.05. The van der Waals surface area contributed by atoms with Crippen LogP contribution >= 0.6 is 11.6 Å². The van der Waals surface area contributed by atoms with E-state index in [0.29, 0.717) is 16.4 Å². The third-order valence-electron chi connectivity index (χ3n) is 2.27. The summed E-state index contributed by atoms with van der Waals surface area (Å²) in [4.78, 5) is 15.8. The molecule has 1 N–H and O–H groups in total. The van der Waals surface area contributed by atoms with E-state index >= 15 is 0 Å². The van der Waals surface area contributed by atoms with E-state index in [2.05, 4.69) is 10.3 Å². The van der Waals surface area contributed by atoms with Crippen molar-refractivity contribution in [1.29, 1.82) is 0 Å². The first-order valence-corrected chi connectivity index (χ1v) is 5.62. The highest BCUT2D eigenvalue weighted by atomic mass is 35.5. The van der Waals surface area contributed by atoms with E-state index in [1.54, 1.807) is 19.1 Å². The molecule has 1 aromatic carbocycles. The number of carbonyl (C=O) groups is 1. The second-order valence-electron chi connectivity index (χ2n) is 3.83. The average Bonchev–Trinajstić information content (AvgIpc) is 2.27. The Labute approximate surface area is 109 Å². The average molecular weight is 265 g/mol. The van der Waals surface area contributed by atoms with Crippen LogP contribution < -0.4 is 5.32 Å². The van der Waals surface area contributed by atoms with Gasteiger partial charge in [-0.25, -0.2) is 9.37 Å². The van der Waals surface area contributed by atoms with E-state index in [1.807, 2.05) is 0 Å². The Bertz CT molecular complexity index is 581. The second-order valence-corrected chi connectivity index (χ2v) is 4.27. The summed E-state index contributed by atoms with van der Waals surface area (Å²) < 4.78 is 13.2. The van der Waals surface area contributed by atoms with Gasteiger partial charge in [-0.1, -0.05) is 11.6 Å². The van der Waals surface area contributed by atoms with E-state index in [4.69, 9.17) is 11.6 Å². The van der Waals surface area contributed by atoms with Gasteiger partial charge in [0.05, 0.1) is 0 Å². The molecule has 0 saturated heterocycles. The summed E-state index contributed by atoms with van der Waals surface area (Å²) in [7, 11) is 0. The number of aryl methyl sites for hydroxylation is 1. The lowest BCUT2D eigenvalue weighted by molar-refractivity contribution is 0.102. The van der Waals surface area contributed by atoms with Crippen LogP contribution in [0.3, 0.4) is 0 Å². The van der Waals surface area contributed by atoms with Crippen LogP contribution in [0.2, 0.25) is 5.02 Å². The number of nitrogens with zero attached hydrogens (tertiary/aromatic N) is 1. The number of nitrogens with one attached hydrogen (secondary N) is 1. The molecule has 0 spiro atoms. The Kier molecular flexibility index (Phi) is 3.58. The van der Waals surface area contributed by atoms with Crippen molar-refractivity contribution in [1.82, 2.24) is 4.98 Å². The van der Waals surface area contributed by atoms with Crippen LogP contribution in [-0.4, -0.2) is 10.9 Å². The Morgan fingerprint density at radius 3 is 2.78 bits per heavy atom. The molecule has 0 aliphatic carbocycles. The summed E-state index contributed by atoms with van der Waals surface area (Å²) in [6.07, 6.45) is 1.48. The van der Waals surface area contributed by atoms with Gasteiger partial charge in [0.1, 0.15) is 11.6 Å². The smallest absolute Gasteiger partial charge is 0.256 e. The van der Waals surface area contributed by atoms with Crippen LogP contribution in [0.15, 0.2) is 36.5 Å². The third kappa shape index (κ3) is 3.05. The first-order valence-electron chi connectivity index (χ1n) is 5.25. The number of rotatable bonds is 2. The molecular formula is C13H10ClFN2O. The van der Waals surface area contributed by atoms with Gasteiger partial charge in [-0.05, 0) is 42.8 Å². The van der Waals surface area contributed by atoms with Crippen molar-refractivity contribution in [2.45, 2.75) is 6.92 Å². The molecular weight excluding hydrogens is 255 g/mol. The number of halogens is 2. The minimum atomic E-state index is -0.445. The minimum Gasteiger partial charge on any atom is -0.307 e. The first-order chi connectivity index (χ1) is 8.54. The van der Waals surface area contributed by atoms with Crippen molar-refractivity contribution in [3.63, 3.8) is 0 Å². The molecule has 2 aromatic rings. The maximum Gasteiger partial charge on any atom is 0.256 e. The number of benzene rings is 1. The van der Waals surface area contributed by atoms with Crippen LogP contribution in [0.5, 0.6) is 0 Å². The fraction of sp³-hybridized carbons (Fsp3) is 0.0769. The summed E-state index contributed by atoms with van der Waals surface area (Å²) in [5.74, 6) is -0.541. The number of hydrogen-bond donors (Lipinski definition) is 1. The van der Waals surface area contributed by atoms with Crippen molar-refractivity contribution in [3.8, 4) is 0 Å². The molecule has 1 aromatic heterocycles. The number of carbonyl (C=O) groups excluding carboxylic acids is 1. The summed E-state index contributed by atoms with van der Waals surface area (Å²) in [5, 5.41) is 3.02. The fourth-order valence-electron chi connectivity index (χ4n) is 1.53. The second kappa shape index (κ2) is 5.14. The van der Waals surface area contributed by atoms with Crippen LogP contribution in [0, 0.1) is 12.7 Å². The summed E-state index contributed by atoms with van der Waals surface area (Å²) in [5.41, 5.74) is 0.925. The van der Waals surface area contributed by atoms with Gasteiger partial charge in [-0.2, -0.15) is 0 Å². The zero-order valence-electron chi connectivity index (χ0n) is 9.58. The first kappa shape index (κ1) is 12.5. The molecule has 0 aliphatic heterocycles. The zero-order chi connectivity index (χ0) is 13.1. The number of hydrogen-bond acceptors (Lipinski definition) is 2. The number of aromatic nitrogens is 1. The van der Waals surface area contributed by atoms with Crippen LogP contribution in [0.25, 0.3) is 0 Å². The van der Waals surface area contributed by atoms with Gasteiger partial charge in [0.25, 0.3) is 5.91 Å². The standard InChI is InChI=1S/C13H10ClFN2O/c1-8-4-9(6-11(15)5-8)13(18)17-12-7-10(14)2-3-16-12/h2-7H,1H3,(H,16,17,18). The maximum atomic E-state index is 13.2. The fourth-order valence-corrected chi connectivity index (χ4v) is 1.69. The van der Waals surface area contributed by atoms with E-state index in [1.165, 1.54) is 24.4 Å². The van der Waals surface area contributed by atoms with Gasteiger partial charge in [-0.3, -0.25) is 4.79 Å². The topological polar surface area (TPSA) is 42.0 Å². The quantitative estimate of drug-likeness (QED) is 0.903. The largest absolute Gasteiger partial charge is 0.307 e. The molecule has 0 atom stereocenters. The molecule has 3 nitrogen and oxygen atoms in total. The van der Waals surface area contributed by atoms with E-state index < -0.39 is 11.7 Å². The molecule has 18 heavy (non-hydrogen) atoms. The van der Waals surface area contributed by atoms with E-state index in [9.17, 15) is 9.18 Å². The van der Waals surface area contributed by atoms with Crippen LogP contribution in [-0.2, 0) is 0 Å². The lowest BCUT2D eigenvalue weighted by atomic mass is 10.1. The van der Waals surface area contributed by atoms with Crippen LogP contribution in [0.1, 0.15) is 15.9 Å². The predicted molar refractivity (Wildman–Crippen MR) is 68.3 cm³/mol. The lowest BCUT2D eigenvalue weighted by Crippen LogP contribution is -2.13. The van der Waals surface area contributed by atoms with Gasteiger partial charge < -0.3 is 5.32 Å². The van der Waals surface area contributed by atoms with Crippen molar-refractivity contribution in [3.05, 3.63) is 58.5 Å². The summed E-state index contributed by atoms with van der Waals surface area (Å²) in [6, 6.07) is 7.25. The number of amides is 1. The van der Waals surface area contributed by atoms with E-state index in [-0.39, 0.29) is 5.56 Å². The van der Waals surface area contributed by atoms with Crippen molar-refractivity contribution in [2.24, 2.45) is 0 Å². The number of pyridine rings is 1. The van der Waals surface area contributed by atoms with Gasteiger partial charge in [0.2, 0.25) is 0 Å². The maximum absolute atomic E-state index is 13.2. The highest BCUT2D eigenvalue weighted by Crippen LogP contribution is 2.14. The zero-order valence-corrected chi connectivity index (χ0v) is 10.3. The summed E-state index contributed by atoms with van der Waals surface area (Å²) >= 11 is 5.77. The van der Waals surface area contributed by atoms with Crippen LogP contribution in [0.4, 0.5) is 10.2 Å². The monoisotopic (exact) mass is 264 g/mol. The van der Waals surface area contributed by atoms with Gasteiger partial charge in [0.15, 0.2) is 0 Å². The molecule has 92 valence electrons. The molecule has 2 rings (SSSR count). The Morgan fingerprint density at radius 2 is 2.11 bits per heavy atom. The molecule has 1 heterocycles. The molecule has 0 aliphatic rings. The minimum absolute atomic E-state index is 0.245. The van der Waals surface area contributed by atoms with Crippen molar-refractivity contribution < 1.29 is 9.18 Å². The van der Waals surface area contributed by atoms with Gasteiger partial charge in [0, 0.05) is 16.8 Å². The van der Waals surface area contributed by atoms with Crippen molar-refractivity contribution in [2.75, 3.05) is 5.32 Å². The molecule has 0 radical (unpaired) electrons. The molecule has 0 saturated carbocycles. The third-order valence-corrected chi connectivity index (χ3v) is 2.50. The van der Waals surface area contributed by atoms with Gasteiger partial charge in [-0.15, -0.1) is 0 Å². The van der Waals surface area contributed by atoms with E-state index in [0.717, 1.165) is 0 Å². The molecule has 0 bridgehead atoms. The Balaban J connectivity index is 2.22. The van der Waals surface area contributed by atoms with Gasteiger partial charge >= 0.3 is 0 Å². The molecule has 5 heteroatoms. The highest BCUT2D eigenvalue weighted by molar-refractivity contribution is 6.30. The highest BCUT2D eigenvalue weighted by Gasteiger charge is 2.09. The Morgan fingerprint density at radius 1 is 1.33 bits per heavy atom. The number of anilines is 1. The molecule has 0 fully saturated rings.